The molecule has 7 nitrogen and oxygen atoms in total. The van der Waals surface area contributed by atoms with Gasteiger partial charge >= 0.3 is 0 Å². The lowest BCUT2D eigenvalue weighted by molar-refractivity contribution is -0.132. The fourth-order valence-electron chi connectivity index (χ4n) is 3.56. The molecule has 0 N–H and O–H groups in total. The molecule has 0 bridgehead atoms. The number of aromatic nitrogens is 1. The molecule has 2 aromatic rings. The van der Waals surface area contributed by atoms with Gasteiger partial charge in [0, 0.05) is 31.1 Å². The highest BCUT2D eigenvalue weighted by molar-refractivity contribution is 7.91. The fraction of sp³-hybridized carbons (Fsp3) is 0.421. The number of hydrogen-bond acceptors (Lipinski definition) is 5. The molecule has 1 atom stereocenters. The highest BCUT2D eigenvalue weighted by atomic mass is 32.2. The van der Waals surface area contributed by atoms with E-state index in [0.717, 1.165) is 5.39 Å². The second-order valence-electron chi connectivity index (χ2n) is 6.69. The average molecular weight is 389 g/mol. The molecule has 1 aromatic heterocycles. The van der Waals surface area contributed by atoms with E-state index in [-0.39, 0.29) is 35.9 Å². The summed E-state index contributed by atoms with van der Waals surface area (Å²) in [5.74, 6) is -0.438. The molecule has 144 valence electrons. The van der Waals surface area contributed by atoms with E-state index < -0.39 is 9.84 Å². The summed E-state index contributed by atoms with van der Waals surface area (Å²) in [5, 5.41) is 0.878. The average Bonchev–Trinajstić information content (AvgIpc) is 2.99. The van der Waals surface area contributed by atoms with Gasteiger partial charge in [-0.05, 0) is 25.5 Å². The molecule has 1 aliphatic rings. The van der Waals surface area contributed by atoms with Gasteiger partial charge < -0.3 is 9.80 Å². The first-order chi connectivity index (χ1) is 12.8. The van der Waals surface area contributed by atoms with Crippen molar-refractivity contribution >= 4 is 38.2 Å². The van der Waals surface area contributed by atoms with Crippen LogP contribution in [0, 0.1) is 0 Å². The standard InChI is InChI=1S/C19H23N3O4S/c1-3-21(16-9-11-27(25,26)13-16)18(24)12-22(14(2)23)17-8-4-6-15-7-5-10-20-19(15)17/h4-8,10,16H,3,9,11-13H2,1-2H3. The number of benzene rings is 1. The molecule has 0 spiro atoms. The number of amides is 2. The highest BCUT2D eigenvalue weighted by Gasteiger charge is 2.34. The molecular formula is C19H23N3O4S. The van der Waals surface area contributed by atoms with Gasteiger partial charge in [0.25, 0.3) is 0 Å². The summed E-state index contributed by atoms with van der Waals surface area (Å²) in [6.07, 6.45) is 2.09. The number of sulfone groups is 1. The van der Waals surface area contributed by atoms with Gasteiger partial charge in [-0.15, -0.1) is 0 Å². The predicted molar refractivity (Wildman–Crippen MR) is 104 cm³/mol. The summed E-state index contributed by atoms with van der Waals surface area (Å²) in [6, 6.07) is 8.86. The summed E-state index contributed by atoms with van der Waals surface area (Å²) >= 11 is 0. The van der Waals surface area contributed by atoms with E-state index in [1.165, 1.54) is 11.8 Å². The molecule has 3 rings (SSSR count). The molecule has 0 aliphatic carbocycles. The topological polar surface area (TPSA) is 87.7 Å². The minimum atomic E-state index is -3.09. The molecule has 1 aliphatic heterocycles. The molecule has 0 saturated carbocycles. The third kappa shape index (κ3) is 4.10. The molecule has 1 unspecified atom stereocenters. The van der Waals surface area contributed by atoms with Gasteiger partial charge in [0.05, 0.1) is 22.7 Å². The minimum Gasteiger partial charge on any atom is -0.337 e. The predicted octanol–water partition coefficient (Wildman–Crippen LogP) is 1.62. The van der Waals surface area contributed by atoms with Crippen molar-refractivity contribution in [3.63, 3.8) is 0 Å². The van der Waals surface area contributed by atoms with Gasteiger partial charge in [0.2, 0.25) is 11.8 Å². The lowest BCUT2D eigenvalue weighted by Crippen LogP contribution is -2.47. The van der Waals surface area contributed by atoms with Gasteiger partial charge in [0.15, 0.2) is 9.84 Å². The van der Waals surface area contributed by atoms with Gasteiger partial charge in [-0.2, -0.15) is 0 Å². The van der Waals surface area contributed by atoms with Crippen LogP contribution < -0.4 is 4.90 Å². The molecule has 1 aromatic carbocycles. The summed E-state index contributed by atoms with van der Waals surface area (Å²) in [5.41, 5.74) is 1.22. The van der Waals surface area contributed by atoms with E-state index in [9.17, 15) is 18.0 Å². The Kier molecular flexibility index (Phi) is 5.46. The minimum absolute atomic E-state index is 0.0114. The SMILES string of the molecule is CCN(C(=O)CN(C(C)=O)c1cccc2cccnc12)C1CCS(=O)(=O)C1. The number of anilines is 1. The molecular weight excluding hydrogens is 366 g/mol. The molecule has 27 heavy (non-hydrogen) atoms. The van der Waals surface area contributed by atoms with Crippen molar-refractivity contribution in [3.8, 4) is 0 Å². The lowest BCUT2D eigenvalue weighted by Gasteiger charge is -2.30. The maximum atomic E-state index is 12.9. The van der Waals surface area contributed by atoms with Crippen LogP contribution in [0.15, 0.2) is 36.5 Å². The Labute approximate surface area is 158 Å². The first kappa shape index (κ1) is 19.3. The molecule has 2 amide bonds. The van der Waals surface area contributed by atoms with Crippen LogP contribution in [0.2, 0.25) is 0 Å². The number of para-hydroxylation sites is 1. The van der Waals surface area contributed by atoms with Crippen LogP contribution in [-0.2, 0) is 19.4 Å². The summed E-state index contributed by atoms with van der Waals surface area (Å²) in [6.45, 7) is 3.49. The Morgan fingerprint density at radius 3 is 2.59 bits per heavy atom. The first-order valence-corrected chi connectivity index (χ1v) is 10.8. The van der Waals surface area contributed by atoms with Gasteiger partial charge in [0.1, 0.15) is 6.54 Å². The smallest absolute Gasteiger partial charge is 0.242 e. The molecule has 1 saturated heterocycles. The van der Waals surface area contributed by atoms with Crippen LogP contribution in [0.25, 0.3) is 10.9 Å². The van der Waals surface area contributed by atoms with E-state index in [1.54, 1.807) is 17.2 Å². The Bertz CT molecular complexity index is 969. The number of carbonyl (C=O) groups is 2. The largest absolute Gasteiger partial charge is 0.337 e. The van der Waals surface area contributed by atoms with Crippen LogP contribution in [0.3, 0.4) is 0 Å². The van der Waals surface area contributed by atoms with Crippen LogP contribution in [0.4, 0.5) is 5.69 Å². The molecule has 8 heteroatoms. The van der Waals surface area contributed by atoms with Crippen molar-refractivity contribution in [3.05, 3.63) is 36.5 Å². The van der Waals surface area contributed by atoms with Crippen molar-refractivity contribution in [2.24, 2.45) is 0 Å². The third-order valence-electron chi connectivity index (χ3n) is 4.89. The molecule has 1 fully saturated rings. The van der Waals surface area contributed by atoms with E-state index in [1.807, 2.05) is 31.2 Å². The number of nitrogens with zero attached hydrogens (tertiary/aromatic N) is 3. The normalized spacial score (nSPS) is 18.4. The van der Waals surface area contributed by atoms with Gasteiger partial charge in [-0.25, -0.2) is 8.42 Å². The first-order valence-electron chi connectivity index (χ1n) is 8.94. The monoisotopic (exact) mass is 389 g/mol. The van der Waals surface area contributed by atoms with Crippen molar-refractivity contribution in [1.29, 1.82) is 0 Å². The number of pyridine rings is 1. The van der Waals surface area contributed by atoms with E-state index in [2.05, 4.69) is 4.98 Å². The number of fused-ring (bicyclic) bond motifs is 1. The number of likely N-dealkylation sites (N-methyl/N-ethyl adjacent to an activating group) is 1. The maximum absolute atomic E-state index is 12.9. The maximum Gasteiger partial charge on any atom is 0.242 e. The number of hydrogen-bond donors (Lipinski definition) is 0. The quantitative estimate of drug-likeness (QED) is 0.775. The van der Waals surface area contributed by atoms with E-state index >= 15 is 0 Å². The number of carbonyl (C=O) groups excluding carboxylic acids is 2. The summed E-state index contributed by atoms with van der Waals surface area (Å²) < 4.78 is 23.5. The molecule has 2 heterocycles. The van der Waals surface area contributed by atoms with Gasteiger partial charge in [-0.3, -0.25) is 14.6 Å². The molecule has 0 radical (unpaired) electrons. The van der Waals surface area contributed by atoms with Crippen molar-refractivity contribution < 1.29 is 18.0 Å². The highest BCUT2D eigenvalue weighted by Crippen LogP contribution is 2.25. The fourth-order valence-corrected chi connectivity index (χ4v) is 5.29. The van der Waals surface area contributed by atoms with Crippen LogP contribution in [-0.4, -0.2) is 60.8 Å². The zero-order valence-corrected chi connectivity index (χ0v) is 16.3. The number of rotatable bonds is 5. The van der Waals surface area contributed by atoms with Crippen molar-refractivity contribution in [1.82, 2.24) is 9.88 Å². The second-order valence-corrected chi connectivity index (χ2v) is 8.92. The summed E-state index contributed by atoms with van der Waals surface area (Å²) in [7, 11) is -3.09. The zero-order valence-electron chi connectivity index (χ0n) is 15.5. The third-order valence-corrected chi connectivity index (χ3v) is 6.64. The Balaban J connectivity index is 1.87. The van der Waals surface area contributed by atoms with E-state index in [4.69, 9.17) is 0 Å². The van der Waals surface area contributed by atoms with Crippen molar-refractivity contribution in [2.45, 2.75) is 26.3 Å². The lowest BCUT2D eigenvalue weighted by atomic mass is 10.1. The zero-order chi connectivity index (χ0) is 19.6. The Morgan fingerprint density at radius 1 is 1.22 bits per heavy atom. The Hall–Kier alpha value is -2.48. The Morgan fingerprint density at radius 2 is 1.96 bits per heavy atom. The van der Waals surface area contributed by atoms with Crippen LogP contribution >= 0.6 is 0 Å². The van der Waals surface area contributed by atoms with Crippen LogP contribution in [0.5, 0.6) is 0 Å². The summed E-state index contributed by atoms with van der Waals surface area (Å²) in [4.78, 5) is 32.5. The van der Waals surface area contributed by atoms with Crippen molar-refractivity contribution in [2.75, 3.05) is 29.5 Å². The second kappa shape index (κ2) is 7.64. The van der Waals surface area contributed by atoms with E-state index in [0.29, 0.717) is 24.2 Å². The van der Waals surface area contributed by atoms with Gasteiger partial charge in [-0.1, -0.05) is 18.2 Å². The van der Waals surface area contributed by atoms with Crippen LogP contribution in [0.1, 0.15) is 20.3 Å².